The maximum absolute atomic E-state index is 2.46. The third-order valence-electron chi connectivity index (χ3n) is 1.69. The SMILES string of the molecule is CCN(C(C)C)C(C)C.[W]. The van der Waals surface area contributed by atoms with Gasteiger partial charge in [0.1, 0.15) is 0 Å². The predicted octanol–water partition coefficient (Wildman–Crippen LogP) is 2.12. The van der Waals surface area contributed by atoms with Gasteiger partial charge in [0.2, 0.25) is 0 Å². The molecule has 62 valence electrons. The maximum atomic E-state index is 2.46. The van der Waals surface area contributed by atoms with Crippen LogP contribution in [0.15, 0.2) is 0 Å². The molecule has 0 rings (SSSR count). The first kappa shape index (κ1) is 13.3. The van der Waals surface area contributed by atoms with E-state index in [0.717, 1.165) is 6.54 Å². The summed E-state index contributed by atoms with van der Waals surface area (Å²) in [5, 5.41) is 0. The van der Waals surface area contributed by atoms with E-state index in [1.165, 1.54) is 0 Å². The van der Waals surface area contributed by atoms with E-state index in [1.54, 1.807) is 0 Å². The standard InChI is InChI=1S/C8H19N.W/c1-6-9(7(2)3)8(4)5;/h7-8H,6H2,1-5H3;. The van der Waals surface area contributed by atoms with Gasteiger partial charge < -0.3 is 0 Å². The quantitative estimate of drug-likeness (QED) is 0.771. The molecule has 0 heterocycles. The smallest absolute Gasteiger partial charge is 0.00411 e. The van der Waals surface area contributed by atoms with Gasteiger partial charge in [-0.05, 0) is 34.2 Å². The molecule has 0 aliphatic heterocycles. The Morgan fingerprint density at radius 2 is 1.30 bits per heavy atom. The van der Waals surface area contributed by atoms with Crippen molar-refractivity contribution < 1.29 is 21.1 Å². The summed E-state index contributed by atoms with van der Waals surface area (Å²) >= 11 is 0. The minimum atomic E-state index is 0. The Morgan fingerprint density at radius 3 is 1.30 bits per heavy atom. The molecule has 0 radical (unpaired) electrons. The average molecular weight is 313 g/mol. The molecule has 0 unspecified atom stereocenters. The molecule has 1 nitrogen and oxygen atoms in total. The molecule has 0 saturated carbocycles. The van der Waals surface area contributed by atoms with Gasteiger partial charge in [-0.15, -0.1) is 0 Å². The van der Waals surface area contributed by atoms with Crippen molar-refractivity contribution in [3.63, 3.8) is 0 Å². The zero-order chi connectivity index (χ0) is 7.44. The molecule has 0 saturated heterocycles. The van der Waals surface area contributed by atoms with Gasteiger partial charge in [-0.1, -0.05) is 6.92 Å². The number of nitrogens with zero attached hydrogens (tertiary/aromatic N) is 1. The van der Waals surface area contributed by atoms with E-state index in [0.29, 0.717) is 12.1 Å². The molecule has 2 heteroatoms. The van der Waals surface area contributed by atoms with Crippen LogP contribution in [0.2, 0.25) is 0 Å². The van der Waals surface area contributed by atoms with Crippen molar-refractivity contribution in [1.29, 1.82) is 0 Å². The van der Waals surface area contributed by atoms with Crippen LogP contribution in [0.25, 0.3) is 0 Å². The van der Waals surface area contributed by atoms with Gasteiger partial charge in [-0.2, -0.15) is 0 Å². The van der Waals surface area contributed by atoms with Gasteiger partial charge in [0, 0.05) is 33.1 Å². The molecule has 0 aromatic heterocycles. The summed E-state index contributed by atoms with van der Waals surface area (Å²) < 4.78 is 0. The minimum absolute atomic E-state index is 0. The van der Waals surface area contributed by atoms with Crippen molar-refractivity contribution in [2.45, 2.75) is 46.7 Å². The van der Waals surface area contributed by atoms with Gasteiger partial charge in [0.05, 0.1) is 0 Å². The molecule has 0 fully saturated rings. The molecule has 0 amide bonds. The Kier molecular flexibility index (Phi) is 8.43. The predicted molar refractivity (Wildman–Crippen MR) is 42.7 cm³/mol. The first-order chi connectivity index (χ1) is 4.09. The molecule has 10 heavy (non-hydrogen) atoms. The fraction of sp³-hybridized carbons (Fsp3) is 1.00. The summed E-state index contributed by atoms with van der Waals surface area (Å²) in [7, 11) is 0. The van der Waals surface area contributed by atoms with E-state index in [1.807, 2.05) is 0 Å². The van der Waals surface area contributed by atoms with Crippen LogP contribution in [0.3, 0.4) is 0 Å². The van der Waals surface area contributed by atoms with Crippen molar-refractivity contribution in [2.24, 2.45) is 0 Å². The normalized spacial score (nSPS) is 10.8. The van der Waals surface area contributed by atoms with Crippen LogP contribution < -0.4 is 0 Å². The molecule has 0 N–H and O–H groups in total. The third kappa shape index (κ3) is 4.46. The molecular weight excluding hydrogens is 294 g/mol. The van der Waals surface area contributed by atoms with Crippen molar-refractivity contribution >= 4 is 0 Å². The van der Waals surface area contributed by atoms with E-state index in [4.69, 9.17) is 0 Å². The second-order valence-corrected chi connectivity index (χ2v) is 3.02. The second-order valence-electron chi connectivity index (χ2n) is 3.02. The summed E-state index contributed by atoms with van der Waals surface area (Å²) in [5.41, 5.74) is 0. The van der Waals surface area contributed by atoms with Crippen molar-refractivity contribution in [3.05, 3.63) is 0 Å². The molecular formula is C8H19NW. The van der Waals surface area contributed by atoms with E-state index in [2.05, 4.69) is 39.5 Å². The van der Waals surface area contributed by atoms with Crippen LogP contribution in [-0.4, -0.2) is 23.5 Å². The number of rotatable bonds is 3. The van der Waals surface area contributed by atoms with E-state index < -0.39 is 0 Å². The molecule has 0 aromatic rings. The monoisotopic (exact) mass is 313 g/mol. The summed E-state index contributed by atoms with van der Waals surface area (Å²) in [5.74, 6) is 0. The maximum Gasteiger partial charge on any atom is 0.00411 e. The fourth-order valence-electron chi connectivity index (χ4n) is 1.33. The largest absolute Gasteiger partial charge is 0.299 e. The third-order valence-corrected chi connectivity index (χ3v) is 1.69. The molecule has 0 aliphatic carbocycles. The fourth-order valence-corrected chi connectivity index (χ4v) is 1.33. The topological polar surface area (TPSA) is 3.24 Å². The van der Waals surface area contributed by atoms with Gasteiger partial charge in [0.15, 0.2) is 0 Å². The van der Waals surface area contributed by atoms with E-state index in [9.17, 15) is 0 Å². The Morgan fingerprint density at radius 1 is 1.00 bits per heavy atom. The van der Waals surface area contributed by atoms with Gasteiger partial charge >= 0.3 is 0 Å². The Balaban J connectivity index is 0. The van der Waals surface area contributed by atoms with Crippen LogP contribution in [0, 0.1) is 0 Å². The number of hydrogen-bond donors (Lipinski definition) is 0. The van der Waals surface area contributed by atoms with Crippen LogP contribution in [-0.2, 0) is 21.1 Å². The number of hydrogen-bond acceptors (Lipinski definition) is 1. The molecule has 0 aliphatic rings. The first-order valence-corrected chi connectivity index (χ1v) is 3.85. The Labute approximate surface area is 79.4 Å². The first-order valence-electron chi connectivity index (χ1n) is 3.85. The van der Waals surface area contributed by atoms with Crippen LogP contribution in [0.4, 0.5) is 0 Å². The Hall–Kier alpha value is 0.648. The van der Waals surface area contributed by atoms with Crippen LogP contribution in [0.1, 0.15) is 34.6 Å². The van der Waals surface area contributed by atoms with Gasteiger partial charge in [-0.3, -0.25) is 4.90 Å². The van der Waals surface area contributed by atoms with Crippen molar-refractivity contribution in [2.75, 3.05) is 6.54 Å². The average Bonchev–Trinajstić information content (AvgIpc) is 1.64. The summed E-state index contributed by atoms with van der Waals surface area (Å²) in [4.78, 5) is 2.46. The van der Waals surface area contributed by atoms with Crippen LogP contribution >= 0.6 is 0 Å². The summed E-state index contributed by atoms with van der Waals surface area (Å²) in [6, 6.07) is 1.38. The van der Waals surface area contributed by atoms with Gasteiger partial charge in [0.25, 0.3) is 0 Å². The van der Waals surface area contributed by atoms with Crippen LogP contribution in [0.5, 0.6) is 0 Å². The summed E-state index contributed by atoms with van der Waals surface area (Å²) in [6.45, 7) is 12.3. The van der Waals surface area contributed by atoms with E-state index in [-0.39, 0.29) is 21.1 Å². The Bertz CT molecular complexity index is 63.7. The molecule has 0 bridgehead atoms. The van der Waals surface area contributed by atoms with Crippen molar-refractivity contribution in [1.82, 2.24) is 4.90 Å². The molecule has 0 spiro atoms. The van der Waals surface area contributed by atoms with Gasteiger partial charge in [-0.25, -0.2) is 0 Å². The molecule has 0 atom stereocenters. The van der Waals surface area contributed by atoms with Crippen molar-refractivity contribution in [3.8, 4) is 0 Å². The zero-order valence-corrected chi connectivity index (χ0v) is 10.7. The molecule has 0 aromatic carbocycles. The summed E-state index contributed by atoms with van der Waals surface area (Å²) in [6.07, 6.45) is 0. The van der Waals surface area contributed by atoms with E-state index >= 15 is 0 Å². The second kappa shape index (κ2) is 6.36. The minimum Gasteiger partial charge on any atom is -0.299 e. The zero-order valence-electron chi connectivity index (χ0n) is 7.72.